The smallest absolute Gasteiger partial charge is 0.0624 e. The zero-order chi connectivity index (χ0) is 13.1. The Morgan fingerprint density at radius 3 is 2.72 bits per heavy atom. The molecule has 4 nitrogen and oxygen atoms in total. The molecule has 1 aromatic heterocycles. The topological polar surface area (TPSA) is 55.9 Å². The van der Waals surface area contributed by atoms with Gasteiger partial charge in [-0.1, -0.05) is 13.8 Å². The van der Waals surface area contributed by atoms with Crippen LogP contribution < -0.4 is 11.3 Å². The Morgan fingerprint density at radius 1 is 1.50 bits per heavy atom. The van der Waals surface area contributed by atoms with E-state index in [0.29, 0.717) is 12.0 Å². The number of nitrogens with zero attached hydrogens (tertiary/aromatic N) is 2. The highest BCUT2D eigenvalue weighted by Crippen LogP contribution is 2.38. The van der Waals surface area contributed by atoms with Crippen LogP contribution in [0.15, 0.2) is 6.07 Å². The first-order chi connectivity index (χ1) is 8.69. The highest BCUT2D eigenvalue weighted by atomic mass is 15.3. The third kappa shape index (κ3) is 2.93. The number of aromatic nitrogens is 2. The predicted octanol–water partition coefficient (Wildman–Crippen LogP) is 1.89. The van der Waals surface area contributed by atoms with Crippen molar-refractivity contribution < 1.29 is 0 Å². The summed E-state index contributed by atoms with van der Waals surface area (Å²) in [5, 5.41) is 4.60. The molecular weight excluding hydrogens is 224 g/mol. The molecule has 2 unspecified atom stereocenters. The van der Waals surface area contributed by atoms with Gasteiger partial charge in [-0.2, -0.15) is 5.10 Å². The number of nitrogens with two attached hydrogens (primary N) is 1. The average Bonchev–Trinajstić information content (AvgIpc) is 3.16. The molecule has 1 aliphatic rings. The molecule has 2 rings (SSSR count). The summed E-state index contributed by atoms with van der Waals surface area (Å²) in [6.07, 6.45) is 4.72. The average molecular weight is 250 g/mol. The molecule has 0 aromatic carbocycles. The van der Waals surface area contributed by atoms with E-state index in [1.807, 2.05) is 0 Å². The first-order valence-electron chi connectivity index (χ1n) is 7.21. The molecule has 4 heteroatoms. The molecule has 0 aliphatic heterocycles. The van der Waals surface area contributed by atoms with E-state index in [1.165, 1.54) is 24.2 Å². The molecule has 0 saturated heterocycles. The first kappa shape index (κ1) is 13.6. The van der Waals surface area contributed by atoms with Crippen molar-refractivity contribution in [2.45, 2.75) is 59.0 Å². The van der Waals surface area contributed by atoms with Gasteiger partial charge in [0.25, 0.3) is 0 Å². The number of hydrogen-bond acceptors (Lipinski definition) is 3. The van der Waals surface area contributed by atoms with Crippen molar-refractivity contribution in [3.8, 4) is 0 Å². The quantitative estimate of drug-likeness (QED) is 0.574. The molecule has 1 fully saturated rings. The number of aryl methyl sites for hydroxylation is 2. The lowest BCUT2D eigenvalue weighted by Gasteiger charge is -2.23. The Balaban J connectivity index is 2.07. The van der Waals surface area contributed by atoms with Crippen LogP contribution in [0, 0.1) is 11.8 Å². The molecule has 1 aromatic rings. The maximum absolute atomic E-state index is 5.74. The molecule has 0 bridgehead atoms. The van der Waals surface area contributed by atoms with E-state index >= 15 is 0 Å². The van der Waals surface area contributed by atoms with E-state index < -0.39 is 0 Å². The van der Waals surface area contributed by atoms with Crippen LogP contribution >= 0.6 is 0 Å². The van der Waals surface area contributed by atoms with Crippen LogP contribution in [-0.2, 0) is 19.4 Å². The second-order valence-corrected chi connectivity index (χ2v) is 5.47. The summed E-state index contributed by atoms with van der Waals surface area (Å²) in [6, 6.07) is 2.59. The summed E-state index contributed by atoms with van der Waals surface area (Å²) in [4.78, 5) is 0. The summed E-state index contributed by atoms with van der Waals surface area (Å²) in [7, 11) is 0. The minimum Gasteiger partial charge on any atom is -0.271 e. The van der Waals surface area contributed by atoms with Gasteiger partial charge in [-0.15, -0.1) is 0 Å². The maximum atomic E-state index is 5.74. The lowest BCUT2D eigenvalue weighted by molar-refractivity contribution is 0.337. The van der Waals surface area contributed by atoms with Crippen molar-refractivity contribution in [2.75, 3.05) is 0 Å². The summed E-state index contributed by atoms with van der Waals surface area (Å²) < 4.78 is 2.11. The minimum atomic E-state index is 0.365. The lowest BCUT2D eigenvalue weighted by atomic mass is 9.93. The summed E-state index contributed by atoms with van der Waals surface area (Å²) >= 11 is 0. The van der Waals surface area contributed by atoms with Crippen LogP contribution in [0.5, 0.6) is 0 Å². The first-order valence-corrected chi connectivity index (χ1v) is 7.21. The second kappa shape index (κ2) is 5.85. The minimum absolute atomic E-state index is 0.365. The molecule has 0 radical (unpaired) electrons. The SMILES string of the molecule is CCc1cc(CC(NN)C(C)C2CC2)n(CC)n1. The molecule has 1 heterocycles. The van der Waals surface area contributed by atoms with Crippen molar-refractivity contribution in [1.82, 2.24) is 15.2 Å². The van der Waals surface area contributed by atoms with Gasteiger partial charge in [0.05, 0.1) is 5.69 Å². The Labute approximate surface area is 110 Å². The second-order valence-electron chi connectivity index (χ2n) is 5.47. The van der Waals surface area contributed by atoms with Crippen LogP contribution in [0.1, 0.15) is 45.0 Å². The van der Waals surface area contributed by atoms with Gasteiger partial charge in [0.2, 0.25) is 0 Å². The van der Waals surface area contributed by atoms with Crippen LogP contribution in [0.25, 0.3) is 0 Å². The van der Waals surface area contributed by atoms with Gasteiger partial charge in [-0.3, -0.25) is 16.0 Å². The monoisotopic (exact) mass is 250 g/mol. The van der Waals surface area contributed by atoms with Gasteiger partial charge in [-0.05, 0) is 44.1 Å². The molecule has 18 heavy (non-hydrogen) atoms. The molecular formula is C14H26N4. The van der Waals surface area contributed by atoms with E-state index in [1.54, 1.807) is 0 Å². The fourth-order valence-electron chi connectivity index (χ4n) is 2.70. The molecule has 102 valence electrons. The normalized spacial score (nSPS) is 18.9. The Hall–Kier alpha value is -0.870. The number of rotatable bonds is 7. The predicted molar refractivity (Wildman–Crippen MR) is 74.0 cm³/mol. The third-order valence-electron chi connectivity index (χ3n) is 4.22. The third-order valence-corrected chi connectivity index (χ3v) is 4.22. The van der Waals surface area contributed by atoms with E-state index in [4.69, 9.17) is 5.84 Å². The molecule has 0 amide bonds. The number of hydrazine groups is 1. The largest absolute Gasteiger partial charge is 0.271 e. The Kier molecular flexibility index (Phi) is 4.40. The number of nitrogens with one attached hydrogen (secondary N) is 1. The summed E-state index contributed by atoms with van der Waals surface area (Å²) in [6.45, 7) is 7.54. The van der Waals surface area contributed by atoms with Crippen LogP contribution in [0.3, 0.4) is 0 Å². The van der Waals surface area contributed by atoms with Crippen molar-refractivity contribution in [1.29, 1.82) is 0 Å². The zero-order valence-electron chi connectivity index (χ0n) is 11.8. The molecule has 2 atom stereocenters. The maximum Gasteiger partial charge on any atom is 0.0624 e. The summed E-state index contributed by atoms with van der Waals surface area (Å²) in [5.41, 5.74) is 5.50. The van der Waals surface area contributed by atoms with Gasteiger partial charge >= 0.3 is 0 Å². The van der Waals surface area contributed by atoms with Gasteiger partial charge in [-0.25, -0.2) is 0 Å². The Morgan fingerprint density at radius 2 is 2.22 bits per heavy atom. The molecule has 1 aliphatic carbocycles. The van der Waals surface area contributed by atoms with Crippen LogP contribution in [0.2, 0.25) is 0 Å². The van der Waals surface area contributed by atoms with Crippen molar-refractivity contribution in [3.63, 3.8) is 0 Å². The molecule has 3 N–H and O–H groups in total. The van der Waals surface area contributed by atoms with Crippen molar-refractivity contribution >= 4 is 0 Å². The van der Waals surface area contributed by atoms with Gasteiger partial charge in [0.1, 0.15) is 0 Å². The molecule has 1 saturated carbocycles. The van der Waals surface area contributed by atoms with E-state index in [2.05, 4.69) is 42.0 Å². The Bertz CT molecular complexity index is 381. The standard InChI is InChI=1S/C14H26N4/c1-4-12-8-13(18(5-2)17-12)9-14(16-15)10(3)11-6-7-11/h8,10-11,14,16H,4-7,9,15H2,1-3H3. The van der Waals surface area contributed by atoms with Crippen molar-refractivity contribution in [2.24, 2.45) is 17.7 Å². The van der Waals surface area contributed by atoms with Crippen LogP contribution in [-0.4, -0.2) is 15.8 Å². The van der Waals surface area contributed by atoms with Crippen molar-refractivity contribution in [3.05, 3.63) is 17.5 Å². The number of hydrogen-bond donors (Lipinski definition) is 2. The van der Waals surface area contributed by atoms with Gasteiger partial charge in [0.15, 0.2) is 0 Å². The fraction of sp³-hybridized carbons (Fsp3) is 0.786. The lowest BCUT2D eigenvalue weighted by Crippen LogP contribution is -2.42. The van der Waals surface area contributed by atoms with Gasteiger partial charge < -0.3 is 0 Å². The van der Waals surface area contributed by atoms with E-state index in [-0.39, 0.29) is 0 Å². The zero-order valence-corrected chi connectivity index (χ0v) is 11.8. The highest BCUT2D eigenvalue weighted by molar-refractivity contribution is 5.12. The summed E-state index contributed by atoms with van der Waals surface area (Å²) in [5.74, 6) is 7.26. The van der Waals surface area contributed by atoms with E-state index in [0.717, 1.165) is 25.3 Å². The molecule has 0 spiro atoms. The van der Waals surface area contributed by atoms with E-state index in [9.17, 15) is 0 Å². The highest BCUT2D eigenvalue weighted by Gasteiger charge is 2.33. The fourth-order valence-corrected chi connectivity index (χ4v) is 2.70. The van der Waals surface area contributed by atoms with Gasteiger partial charge in [0, 0.05) is 24.7 Å². The van der Waals surface area contributed by atoms with Crippen LogP contribution in [0.4, 0.5) is 0 Å².